The van der Waals surface area contributed by atoms with Crippen molar-refractivity contribution in [3.63, 3.8) is 0 Å². The van der Waals surface area contributed by atoms with Crippen LogP contribution in [0.2, 0.25) is 0 Å². The number of alkyl halides is 2. The van der Waals surface area contributed by atoms with E-state index >= 15 is 0 Å². The largest absolute Gasteiger partial charge is 0.415 e. The third-order valence-corrected chi connectivity index (χ3v) is 16.9. The Morgan fingerprint density at radius 3 is 1.60 bits per heavy atom. The molecule has 5 aliphatic rings. The van der Waals surface area contributed by atoms with Crippen molar-refractivity contribution >= 4 is 122 Å². The van der Waals surface area contributed by atoms with Crippen LogP contribution in [0.5, 0.6) is 11.5 Å². The van der Waals surface area contributed by atoms with E-state index in [9.17, 15) is 38.4 Å². The molecule has 2 fully saturated rings. The highest BCUT2D eigenvalue weighted by atomic mass is 35.5. The molecule has 2 saturated heterocycles. The Morgan fingerprint density at radius 2 is 1.08 bits per heavy atom. The first-order valence-corrected chi connectivity index (χ1v) is 29.5. The summed E-state index contributed by atoms with van der Waals surface area (Å²) in [6, 6.07) is 23.9. The second-order valence-electron chi connectivity index (χ2n) is 21.8. The number of unbranched alkanes of at least 4 members (excludes halogenated alkanes) is 2. The number of hydrogen-bond acceptors (Lipinski definition) is 12. The maximum atomic E-state index is 14.5. The maximum Gasteiger partial charge on any atom is 0.415 e. The molecule has 8 amide bonds. The smallest absolute Gasteiger partial charge is 0.409 e. The number of hydrogen-bond donors (Lipinski definition) is 2. The lowest BCUT2D eigenvalue weighted by molar-refractivity contribution is -0.137. The van der Waals surface area contributed by atoms with Crippen molar-refractivity contribution < 1.29 is 47.8 Å². The van der Waals surface area contributed by atoms with Gasteiger partial charge in [-0.2, -0.15) is 0 Å². The predicted molar refractivity (Wildman–Crippen MR) is 325 cm³/mol. The molecule has 438 valence electrons. The third-order valence-electron chi connectivity index (χ3n) is 16.1. The molecule has 21 heteroatoms. The fourth-order valence-corrected chi connectivity index (χ4v) is 11.9. The fraction of sp³-hybridized carbons (Fsp3) is 0.365. The van der Waals surface area contributed by atoms with Gasteiger partial charge in [0.25, 0.3) is 23.6 Å². The first kappa shape index (κ1) is 59.1. The number of ether oxygens (including phenoxy) is 2. The molecular weight excluding hydrogens is 1110 g/mol. The van der Waals surface area contributed by atoms with Crippen molar-refractivity contribution in [2.24, 2.45) is 0 Å². The molecule has 5 aromatic carbocycles. The zero-order chi connectivity index (χ0) is 59.0. The standard InChI is InChI=1S/C63H67Cl2N9O10/c1-68-26-30-70(31-27-68)62(81)83-52-35-50-60(47-12-7-5-10-45(47)52)43(37-64)39-73(50)58(79)19-16-41-15-17-42(49(34-41)67-55(76)23-24-66-54(75)14-4-3-9-25-72-56(77)21-22-57(72)78)18-20-59(80)74-40-44(38-65)61-48-13-8-6-11-46(48)53(36-51(61)74)84-63(82)71-32-28-69(2)29-33-71/h5-8,10-13,15-22,34-36,43-44H,3-4,9,14,23-33,37-40H2,1-2H3,(H,66,75)(H,67,76)/b19-16+,20-18+/t43-,44?/m1/s1. The minimum atomic E-state index is -0.472. The van der Waals surface area contributed by atoms with Crippen LogP contribution in [0.15, 0.2) is 103 Å². The second kappa shape index (κ2) is 26.6. The van der Waals surface area contributed by atoms with E-state index < -0.39 is 18.1 Å². The number of amides is 8. The Balaban J connectivity index is 0.877. The van der Waals surface area contributed by atoms with Crippen molar-refractivity contribution in [2.75, 3.05) is 120 Å². The van der Waals surface area contributed by atoms with Crippen LogP contribution < -0.4 is 29.9 Å². The highest BCUT2D eigenvalue weighted by molar-refractivity contribution is 6.20. The second-order valence-corrected chi connectivity index (χ2v) is 22.4. The summed E-state index contributed by atoms with van der Waals surface area (Å²) in [5.41, 5.74) is 4.24. The number of nitrogens with one attached hydrogen (secondary N) is 2. The summed E-state index contributed by atoms with van der Waals surface area (Å²) >= 11 is 13.2. The van der Waals surface area contributed by atoms with Gasteiger partial charge in [-0.15, -0.1) is 23.2 Å². The molecule has 2 atom stereocenters. The SMILES string of the molecule is CN1CCN(C(=O)Oc2cc3c(c4ccccc24)C(CCl)CN3C(=O)/C=C/c2ccc(/C=C/C(=O)N3C[C@@H](CCl)c4c3cc(OC(=O)N3CCN(C)CC3)c3ccccc43)cc2NC(=O)CCNC(=O)CCCCCN2C(=O)C=CC2=O)CC1. The monoisotopic (exact) mass is 1180 g/mol. The summed E-state index contributed by atoms with van der Waals surface area (Å²) in [6.45, 7) is 5.83. The lowest BCUT2D eigenvalue weighted by atomic mass is 9.95. The highest BCUT2D eigenvalue weighted by Crippen LogP contribution is 2.47. The van der Waals surface area contributed by atoms with E-state index in [-0.39, 0.29) is 92.2 Å². The molecule has 0 radical (unpaired) electrons. The van der Waals surface area contributed by atoms with E-state index in [1.54, 1.807) is 62.1 Å². The maximum absolute atomic E-state index is 14.5. The Morgan fingerprint density at radius 1 is 0.583 bits per heavy atom. The van der Waals surface area contributed by atoms with Crippen LogP contribution in [0.3, 0.4) is 0 Å². The van der Waals surface area contributed by atoms with Crippen LogP contribution in [-0.2, 0) is 28.8 Å². The Hall–Kier alpha value is -8.10. The number of imide groups is 1. The number of carbonyl (C=O) groups is 8. The van der Waals surface area contributed by atoms with Gasteiger partial charge in [-0.1, -0.05) is 67.1 Å². The van der Waals surface area contributed by atoms with Gasteiger partial charge >= 0.3 is 12.2 Å². The molecule has 0 saturated carbocycles. The molecule has 1 unspecified atom stereocenters. The number of likely N-dealkylation sites (N-methyl/N-ethyl adjacent to an activating group) is 2. The van der Waals surface area contributed by atoms with Gasteiger partial charge in [-0.25, -0.2) is 9.59 Å². The molecule has 0 bridgehead atoms. The summed E-state index contributed by atoms with van der Waals surface area (Å²) in [7, 11) is 4.01. The highest BCUT2D eigenvalue weighted by Gasteiger charge is 2.37. The van der Waals surface area contributed by atoms with Gasteiger partial charge in [-0.3, -0.25) is 33.7 Å². The third kappa shape index (κ3) is 13.3. The molecule has 2 N–H and O–H groups in total. The topological polar surface area (TPSA) is 202 Å². The number of anilines is 3. The molecule has 0 spiro atoms. The van der Waals surface area contributed by atoms with Crippen molar-refractivity contribution in [1.82, 2.24) is 29.8 Å². The van der Waals surface area contributed by atoms with Crippen LogP contribution >= 0.6 is 23.2 Å². The molecular formula is C63H67Cl2N9O10. The van der Waals surface area contributed by atoms with E-state index in [0.717, 1.165) is 58.9 Å². The molecule has 0 aromatic heterocycles. The molecule has 5 aliphatic heterocycles. The molecule has 10 rings (SSSR count). The number of rotatable bonds is 18. The average Bonchev–Trinajstić information content (AvgIpc) is 2.18. The summed E-state index contributed by atoms with van der Waals surface area (Å²) in [6.07, 6.45) is 9.42. The summed E-state index contributed by atoms with van der Waals surface area (Å²) < 4.78 is 12.2. The summed E-state index contributed by atoms with van der Waals surface area (Å²) in [4.78, 5) is 118. The van der Waals surface area contributed by atoms with Crippen molar-refractivity contribution in [1.29, 1.82) is 0 Å². The number of carbonyl (C=O) groups excluding carboxylic acids is 8. The molecule has 5 aromatic rings. The minimum Gasteiger partial charge on any atom is -0.409 e. The van der Waals surface area contributed by atoms with Crippen molar-refractivity contribution in [3.8, 4) is 11.5 Å². The number of nitrogens with zero attached hydrogens (tertiary/aromatic N) is 7. The van der Waals surface area contributed by atoms with Gasteiger partial charge < -0.3 is 49.5 Å². The molecule has 19 nitrogen and oxygen atoms in total. The van der Waals surface area contributed by atoms with Crippen LogP contribution in [0, 0.1) is 0 Å². The van der Waals surface area contributed by atoms with Crippen molar-refractivity contribution in [3.05, 3.63) is 125 Å². The number of halogens is 2. The number of fused-ring (bicyclic) bond motifs is 6. The summed E-state index contributed by atoms with van der Waals surface area (Å²) in [5, 5.41) is 8.86. The first-order chi connectivity index (χ1) is 40.7. The van der Waals surface area contributed by atoms with Crippen molar-refractivity contribution in [2.45, 2.75) is 43.9 Å². The van der Waals surface area contributed by atoms with Crippen LogP contribution in [0.4, 0.5) is 26.7 Å². The fourth-order valence-electron chi connectivity index (χ4n) is 11.4. The molecule has 0 aliphatic carbocycles. The zero-order valence-electron chi connectivity index (χ0n) is 47.0. The summed E-state index contributed by atoms with van der Waals surface area (Å²) in [5.74, 6) is -1.42. The average molecular weight is 1180 g/mol. The Kier molecular flexibility index (Phi) is 18.7. The van der Waals surface area contributed by atoms with Gasteiger partial charge in [0.15, 0.2) is 0 Å². The minimum absolute atomic E-state index is 0.0367. The van der Waals surface area contributed by atoms with E-state index in [4.69, 9.17) is 32.7 Å². The van der Waals surface area contributed by atoms with Crippen LogP contribution in [0.1, 0.15) is 66.2 Å². The molecule has 5 heterocycles. The van der Waals surface area contributed by atoms with E-state index in [1.165, 1.54) is 29.2 Å². The van der Waals surface area contributed by atoms with Gasteiger partial charge in [-0.05, 0) is 78.2 Å². The quantitative estimate of drug-likeness (QED) is 0.0369. The lowest BCUT2D eigenvalue weighted by Crippen LogP contribution is -2.48. The normalized spacial score (nSPS) is 18.2. The predicted octanol–water partition coefficient (Wildman–Crippen LogP) is 8.18. The Labute approximate surface area is 497 Å². The van der Waals surface area contributed by atoms with Gasteiger partial charge in [0.05, 0.1) is 11.4 Å². The number of piperazine rings is 2. The Bertz CT molecular complexity index is 3480. The van der Waals surface area contributed by atoms with E-state index in [0.29, 0.717) is 85.1 Å². The first-order valence-electron chi connectivity index (χ1n) is 28.4. The van der Waals surface area contributed by atoms with Gasteiger partial charge in [0.1, 0.15) is 11.5 Å². The number of benzene rings is 5. The van der Waals surface area contributed by atoms with Gasteiger partial charge in [0, 0.05) is 168 Å². The van der Waals surface area contributed by atoms with E-state index in [2.05, 4.69) is 20.4 Å². The molecule has 84 heavy (non-hydrogen) atoms. The van der Waals surface area contributed by atoms with E-state index in [1.807, 2.05) is 62.6 Å². The van der Waals surface area contributed by atoms with Gasteiger partial charge in [0.2, 0.25) is 11.8 Å². The zero-order valence-corrected chi connectivity index (χ0v) is 48.5. The van der Waals surface area contributed by atoms with Crippen LogP contribution in [0.25, 0.3) is 33.7 Å². The van der Waals surface area contributed by atoms with Crippen LogP contribution in [-0.4, -0.2) is 177 Å². The lowest BCUT2D eigenvalue weighted by Gasteiger charge is -2.31.